The SMILES string of the molecule is CCCCCCC1CCC(C2CCC(C3CCC(CCCCC)CC3)CC2)CC1. The van der Waals surface area contributed by atoms with Crippen molar-refractivity contribution < 1.29 is 0 Å². The van der Waals surface area contributed by atoms with E-state index in [9.17, 15) is 0 Å². The highest BCUT2D eigenvalue weighted by Gasteiger charge is 2.34. The molecule has 0 aromatic carbocycles. The van der Waals surface area contributed by atoms with Crippen LogP contribution in [0.5, 0.6) is 0 Å². The molecule has 3 rings (SSSR count). The molecule has 29 heavy (non-hydrogen) atoms. The standard InChI is InChI=1S/C29H54/c1-3-5-7-9-11-25-14-18-27(19-15-25)29-22-20-28(21-23-29)26-16-12-24(13-17-26)10-8-6-4-2/h24-29H,3-23H2,1-2H3. The first-order valence-electron chi connectivity index (χ1n) is 14.3. The minimum Gasteiger partial charge on any atom is -0.0654 e. The van der Waals surface area contributed by atoms with Crippen molar-refractivity contribution in [3.8, 4) is 0 Å². The Morgan fingerprint density at radius 3 is 1.07 bits per heavy atom. The maximum Gasteiger partial charge on any atom is -0.0386 e. The highest BCUT2D eigenvalue weighted by atomic mass is 14.4. The summed E-state index contributed by atoms with van der Waals surface area (Å²) in [6.07, 6.45) is 32.2. The molecule has 3 saturated carbocycles. The molecule has 170 valence electrons. The summed E-state index contributed by atoms with van der Waals surface area (Å²) in [6, 6.07) is 0. The van der Waals surface area contributed by atoms with E-state index < -0.39 is 0 Å². The molecule has 0 heteroatoms. The second kappa shape index (κ2) is 13.4. The quantitative estimate of drug-likeness (QED) is 0.301. The fourth-order valence-corrected chi connectivity index (χ4v) is 7.53. The van der Waals surface area contributed by atoms with Crippen molar-refractivity contribution >= 4 is 0 Å². The van der Waals surface area contributed by atoms with E-state index in [0.717, 1.165) is 35.5 Å². The average Bonchev–Trinajstić information content (AvgIpc) is 2.78. The van der Waals surface area contributed by atoms with E-state index in [1.807, 2.05) is 0 Å². The third-order valence-corrected chi connectivity index (χ3v) is 9.61. The van der Waals surface area contributed by atoms with Gasteiger partial charge >= 0.3 is 0 Å². The van der Waals surface area contributed by atoms with Crippen molar-refractivity contribution in [3.05, 3.63) is 0 Å². The number of hydrogen-bond donors (Lipinski definition) is 0. The van der Waals surface area contributed by atoms with Crippen LogP contribution < -0.4 is 0 Å². The maximum absolute atomic E-state index is 2.34. The molecule has 0 radical (unpaired) electrons. The van der Waals surface area contributed by atoms with Gasteiger partial charge in [0.2, 0.25) is 0 Å². The zero-order chi connectivity index (χ0) is 20.3. The third-order valence-electron chi connectivity index (χ3n) is 9.61. The van der Waals surface area contributed by atoms with Gasteiger partial charge in [-0.25, -0.2) is 0 Å². The summed E-state index contributed by atoms with van der Waals surface area (Å²) in [7, 11) is 0. The Bertz CT molecular complexity index is 388. The molecule has 0 nitrogen and oxygen atoms in total. The molecule has 3 aliphatic carbocycles. The van der Waals surface area contributed by atoms with Crippen LogP contribution in [0.25, 0.3) is 0 Å². The Labute approximate surface area is 184 Å². The lowest BCUT2D eigenvalue weighted by Crippen LogP contribution is -2.29. The predicted octanol–water partition coefficient (Wildman–Crippen LogP) is 9.96. The first-order valence-corrected chi connectivity index (χ1v) is 14.3. The fraction of sp³-hybridized carbons (Fsp3) is 1.00. The van der Waals surface area contributed by atoms with Gasteiger partial charge in [0.25, 0.3) is 0 Å². The van der Waals surface area contributed by atoms with Crippen molar-refractivity contribution in [1.82, 2.24) is 0 Å². The molecule has 0 amide bonds. The Kier molecular flexibility index (Phi) is 10.9. The first-order chi connectivity index (χ1) is 14.3. The van der Waals surface area contributed by atoms with Crippen LogP contribution in [0, 0.1) is 35.5 Å². The summed E-state index contributed by atoms with van der Waals surface area (Å²) in [5.41, 5.74) is 0. The van der Waals surface area contributed by atoms with Gasteiger partial charge in [0.15, 0.2) is 0 Å². The summed E-state index contributed by atoms with van der Waals surface area (Å²) in [6.45, 7) is 4.67. The molecule has 0 heterocycles. The second-order valence-electron chi connectivity index (χ2n) is 11.6. The van der Waals surface area contributed by atoms with Crippen molar-refractivity contribution in [2.24, 2.45) is 35.5 Å². The third kappa shape index (κ3) is 7.88. The summed E-state index contributed by atoms with van der Waals surface area (Å²) >= 11 is 0. The topological polar surface area (TPSA) is 0 Å². The number of hydrogen-bond acceptors (Lipinski definition) is 0. The average molecular weight is 403 g/mol. The van der Waals surface area contributed by atoms with Crippen LogP contribution in [-0.2, 0) is 0 Å². The van der Waals surface area contributed by atoms with Gasteiger partial charge in [0.05, 0.1) is 0 Å². The molecule has 0 aliphatic heterocycles. The van der Waals surface area contributed by atoms with Crippen LogP contribution in [0.15, 0.2) is 0 Å². The van der Waals surface area contributed by atoms with Gasteiger partial charge in [-0.3, -0.25) is 0 Å². The Hall–Kier alpha value is 0. The molecule has 0 aromatic rings. The van der Waals surface area contributed by atoms with E-state index in [-0.39, 0.29) is 0 Å². The minimum atomic E-state index is 1.09. The largest absolute Gasteiger partial charge is 0.0654 e. The van der Waals surface area contributed by atoms with E-state index >= 15 is 0 Å². The Balaban J connectivity index is 1.27. The highest BCUT2D eigenvalue weighted by Crippen LogP contribution is 2.46. The maximum atomic E-state index is 2.34. The summed E-state index contributed by atoms with van der Waals surface area (Å²) in [4.78, 5) is 0. The first kappa shape index (κ1) is 23.7. The smallest absolute Gasteiger partial charge is 0.0386 e. The van der Waals surface area contributed by atoms with Gasteiger partial charge in [-0.15, -0.1) is 0 Å². The van der Waals surface area contributed by atoms with Gasteiger partial charge in [0, 0.05) is 0 Å². The van der Waals surface area contributed by atoms with E-state index in [1.165, 1.54) is 51.4 Å². The lowest BCUT2D eigenvalue weighted by molar-refractivity contribution is 0.102. The van der Waals surface area contributed by atoms with E-state index in [1.54, 1.807) is 83.5 Å². The van der Waals surface area contributed by atoms with E-state index in [0.29, 0.717) is 0 Å². The van der Waals surface area contributed by atoms with Gasteiger partial charge in [-0.05, 0) is 86.9 Å². The zero-order valence-electron chi connectivity index (χ0n) is 20.3. The van der Waals surface area contributed by atoms with Gasteiger partial charge < -0.3 is 0 Å². The molecule has 3 aliphatic rings. The molecule has 0 unspecified atom stereocenters. The summed E-state index contributed by atoms with van der Waals surface area (Å²) in [5, 5.41) is 0. The zero-order valence-corrected chi connectivity index (χ0v) is 20.3. The van der Waals surface area contributed by atoms with E-state index in [2.05, 4.69) is 13.8 Å². The molecule has 0 bridgehead atoms. The summed E-state index contributed by atoms with van der Waals surface area (Å²) in [5.74, 6) is 6.61. The fourth-order valence-electron chi connectivity index (χ4n) is 7.53. The lowest BCUT2D eigenvalue weighted by Gasteiger charge is -2.41. The predicted molar refractivity (Wildman–Crippen MR) is 129 cm³/mol. The Morgan fingerprint density at radius 2 is 0.690 bits per heavy atom. The van der Waals surface area contributed by atoms with Crippen LogP contribution in [0.4, 0.5) is 0 Å². The van der Waals surface area contributed by atoms with Gasteiger partial charge in [-0.2, -0.15) is 0 Å². The van der Waals surface area contributed by atoms with Crippen LogP contribution in [0.3, 0.4) is 0 Å². The molecule has 0 N–H and O–H groups in total. The van der Waals surface area contributed by atoms with Crippen molar-refractivity contribution in [1.29, 1.82) is 0 Å². The molecule has 0 aromatic heterocycles. The van der Waals surface area contributed by atoms with Crippen molar-refractivity contribution in [2.45, 2.75) is 149 Å². The second-order valence-corrected chi connectivity index (χ2v) is 11.6. The Morgan fingerprint density at radius 1 is 0.379 bits per heavy atom. The minimum absolute atomic E-state index is 1.09. The van der Waals surface area contributed by atoms with Crippen LogP contribution in [0.2, 0.25) is 0 Å². The molecule has 3 fully saturated rings. The van der Waals surface area contributed by atoms with Crippen LogP contribution in [-0.4, -0.2) is 0 Å². The molecular weight excluding hydrogens is 348 g/mol. The highest BCUT2D eigenvalue weighted by molar-refractivity contribution is 4.86. The van der Waals surface area contributed by atoms with Crippen molar-refractivity contribution in [2.75, 3.05) is 0 Å². The number of unbranched alkanes of at least 4 members (excludes halogenated alkanes) is 5. The number of rotatable bonds is 11. The van der Waals surface area contributed by atoms with Crippen LogP contribution in [0.1, 0.15) is 149 Å². The molecular formula is C29H54. The van der Waals surface area contributed by atoms with Gasteiger partial charge in [0.1, 0.15) is 0 Å². The van der Waals surface area contributed by atoms with Crippen LogP contribution >= 0.6 is 0 Å². The lowest BCUT2D eigenvalue weighted by atomic mass is 9.64. The molecule has 0 saturated heterocycles. The van der Waals surface area contributed by atoms with Gasteiger partial charge in [-0.1, -0.05) is 97.3 Å². The normalized spacial score (nSPS) is 36.2. The monoisotopic (exact) mass is 402 g/mol. The van der Waals surface area contributed by atoms with Crippen molar-refractivity contribution in [3.63, 3.8) is 0 Å². The molecule has 0 spiro atoms. The molecule has 0 atom stereocenters. The van der Waals surface area contributed by atoms with E-state index in [4.69, 9.17) is 0 Å². The summed E-state index contributed by atoms with van der Waals surface area (Å²) < 4.78 is 0.